The molecule has 2 atom stereocenters. The number of halogens is 1. The summed E-state index contributed by atoms with van der Waals surface area (Å²) in [6.45, 7) is 2.20. The zero-order valence-corrected chi connectivity index (χ0v) is 12.6. The second-order valence-corrected chi connectivity index (χ2v) is 5.55. The standard InChI is InChI=1S/C18H16FNO3/c1-12-10-20(18(22)23-12)15-7-8-16(17(19)9-15)14-4-2-3-13(11-21)5-6-14/h2-9,11-13H,10H2,1H3. The molecule has 0 saturated carbocycles. The lowest BCUT2D eigenvalue weighted by atomic mass is 10.0. The van der Waals surface area contributed by atoms with Crippen molar-refractivity contribution in [3.63, 3.8) is 0 Å². The quantitative estimate of drug-likeness (QED) is 0.802. The van der Waals surface area contributed by atoms with Gasteiger partial charge in [0.2, 0.25) is 0 Å². The molecule has 1 aromatic rings. The van der Waals surface area contributed by atoms with Crippen LogP contribution >= 0.6 is 0 Å². The molecular formula is C18H16FNO3. The highest BCUT2D eigenvalue weighted by Crippen LogP contribution is 2.28. The first-order valence-corrected chi connectivity index (χ1v) is 7.38. The van der Waals surface area contributed by atoms with Gasteiger partial charge in [-0.25, -0.2) is 9.18 Å². The number of rotatable bonds is 3. The monoisotopic (exact) mass is 313 g/mol. The van der Waals surface area contributed by atoms with Crippen LogP contribution in [-0.2, 0) is 9.53 Å². The highest BCUT2D eigenvalue weighted by atomic mass is 19.1. The minimum absolute atomic E-state index is 0.205. The summed E-state index contributed by atoms with van der Waals surface area (Å²) < 4.78 is 19.5. The molecule has 1 fully saturated rings. The molecule has 2 aliphatic rings. The van der Waals surface area contributed by atoms with Crippen molar-refractivity contribution in [1.29, 1.82) is 0 Å². The van der Waals surface area contributed by atoms with Gasteiger partial charge in [0.1, 0.15) is 18.2 Å². The van der Waals surface area contributed by atoms with Crippen LogP contribution in [0.5, 0.6) is 0 Å². The van der Waals surface area contributed by atoms with E-state index in [4.69, 9.17) is 4.74 Å². The Labute approximate surface area is 133 Å². The number of allylic oxidation sites excluding steroid dienone is 6. The zero-order valence-electron chi connectivity index (χ0n) is 12.6. The highest BCUT2D eigenvalue weighted by molar-refractivity contribution is 5.90. The van der Waals surface area contributed by atoms with Crippen LogP contribution < -0.4 is 4.90 Å². The molecule has 1 heterocycles. The van der Waals surface area contributed by atoms with E-state index in [0.717, 1.165) is 6.29 Å². The summed E-state index contributed by atoms with van der Waals surface area (Å²) >= 11 is 0. The molecule has 1 aromatic carbocycles. The molecule has 1 amide bonds. The smallest absolute Gasteiger partial charge is 0.414 e. The van der Waals surface area contributed by atoms with Gasteiger partial charge < -0.3 is 9.53 Å². The van der Waals surface area contributed by atoms with Crippen molar-refractivity contribution in [2.45, 2.75) is 13.0 Å². The van der Waals surface area contributed by atoms with Crippen molar-refractivity contribution >= 4 is 23.6 Å². The Balaban J connectivity index is 1.89. The summed E-state index contributed by atoms with van der Waals surface area (Å²) in [6, 6.07) is 4.65. The van der Waals surface area contributed by atoms with E-state index in [1.807, 2.05) is 0 Å². The van der Waals surface area contributed by atoms with Gasteiger partial charge in [-0.2, -0.15) is 0 Å². The predicted octanol–water partition coefficient (Wildman–Crippen LogP) is 3.50. The Kier molecular flexibility index (Phi) is 4.10. The topological polar surface area (TPSA) is 46.6 Å². The summed E-state index contributed by atoms with van der Waals surface area (Å²) in [5.74, 6) is -0.726. The van der Waals surface area contributed by atoms with E-state index in [0.29, 0.717) is 23.4 Å². The summed E-state index contributed by atoms with van der Waals surface area (Å²) in [4.78, 5) is 24.0. The predicted molar refractivity (Wildman–Crippen MR) is 85.5 cm³/mol. The van der Waals surface area contributed by atoms with E-state index >= 15 is 0 Å². The van der Waals surface area contributed by atoms with Crippen LogP contribution in [0.15, 0.2) is 48.6 Å². The van der Waals surface area contributed by atoms with Crippen LogP contribution in [0.1, 0.15) is 12.5 Å². The maximum Gasteiger partial charge on any atom is 0.414 e. The van der Waals surface area contributed by atoms with E-state index in [1.165, 1.54) is 11.0 Å². The fourth-order valence-corrected chi connectivity index (χ4v) is 2.61. The molecule has 3 rings (SSSR count). The minimum Gasteiger partial charge on any atom is -0.444 e. The van der Waals surface area contributed by atoms with Crippen molar-refractivity contribution in [3.05, 3.63) is 60.0 Å². The van der Waals surface area contributed by atoms with Crippen molar-refractivity contribution in [3.8, 4) is 0 Å². The van der Waals surface area contributed by atoms with E-state index in [2.05, 4.69) is 0 Å². The largest absolute Gasteiger partial charge is 0.444 e. The van der Waals surface area contributed by atoms with E-state index in [-0.39, 0.29) is 12.0 Å². The number of nitrogens with zero attached hydrogens (tertiary/aromatic N) is 1. The molecule has 1 aliphatic heterocycles. The fraction of sp³-hybridized carbons (Fsp3) is 0.222. The molecule has 0 radical (unpaired) electrons. The number of benzene rings is 1. The normalized spacial score (nSPS) is 23.5. The number of anilines is 1. The molecule has 5 heteroatoms. The summed E-state index contributed by atoms with van der Waals surface area (Å²) in [5, 5.41) is 0. The molecule has 2 unspecified atom stereocenters. The third-order valence-electron chi connectivity index (χ3n) is 3.80. The van der Waals surface area contributed by atoms with Crippen molar-refractivity contribution < 1.29 is 18.7 Å². The second kappa shape index (κ2) is 6.20. The summed E-state index contributed by atoms with van der Waals surface area (Å²) in [7, 11) is 0. The Morgan fingerprint density at radius 1 is 1.35 bits per heavy atom. The maximum atomic E-state index is 14.5. The Morgan fingerprint density at radius 3 is 2.83 bits per heavy atom. The lowest BCUT2D eigenvalue weighted by Crippen LogP contribution is -2.24. The van der Waals surface area contributed by atoms with Gasteiger partial charge in [0.15, 0.2) is 0 Å². The molecule has 23 heavy (non-hydrogen) atoms. The van der Waals surface area contributed by atoms with Gasteiger partial charge in [-0.3, -0.25) is 4.90 Å². The summed E-state index contributed by atoms with van der Waals surface area (Å²) in [6.07, 6.45) is 8.83. The van der Waals surface area contributed by atoms with E-state index < -0.39 is 11.9 Å². The van der Waals surface area contributed by atoms with Crippen molar-refractivity contribution in [1.82, 2.24) is 0 Å². The van der Waals surface area contributed by atoms with E-state index in [1.54, 1.807) is 49.4 Å². The number of ether oxygens (including phenoxy) is 1. The van der Waals surface area contributed by atoms with Gasteiger partial charge in [0.25, 0.3) is 0 Å². The fourth-order valence-electron chi connectivity index (χ4n) is 2.61. The third kappa shape index (κ3) is 3.08. The Hall–Kier alpha value is -2.69. The zero-order chi connectivity index (χ0) is 16.4. The van der Waals surface area contributed by atoms with Crippen LogP contribution in [-0.4, -0.2) is 25.0 Å². The molecule has 0 spiro atoms. The first-order chi connectivity index (χ1) is 11.1. The third-order valence-corrected chi connectivity index (χ3v) is 3.80. The van der Waals surface area contributed by atoms with Gasteiger partial charge in [-0.1, -0.05) is 30.4 Å². The first-order valence-electron chi connectivity index (χ1n) is 7.38. The minimum atomic E-state index is -0.463. The van der Waals surface area contributed by atoms with Crippen LogP contribution in [0.25, 0.3) is 5.57 Å². The Bertz CT molecular complexity index is 736. The second-order valence-electron chi connectivity index (χ2n) is 5.55. The molecular weight excluding hydrogens is 297 g/mol. The van der Waals surface area contributed by atoms with Gasteiger partial charge in [-0.05, 0) is 30.7 Å². The number of aldehydes is 1. The van der Waals surface area contributed by atoms with Gasteiger partial charge in [-0.15, -0.1) is 0 Å². The SMILES string of the molecule is CC1CN(c2ccc(C3=CC=CC(C=O)C=C3)c(F)c2)C(=O)O1. The number of cyclic esters (lactones) is 1. The number of amides is 1. The van der Waals surface area contributed by atoms with E-state index in [9.17, 15) is 14.0 Å². The van der Waals surface area contributed by atoms with Crippen LogP contribution in [0, 0.1) is 11.7 Å². The molecule has 4 nitrogen and oxygen atoms in total. The molecule has 1 aliphatic carbocycles. The highest BCUT2D eigenvalue weighted by Gasteiger charge is 2.29. The van der Waals surface area contributed by atoms with Gasteiger partial charge in [0.05, 0.1) is 18.2 Å². The van der Waals surface area contributed by atoms with Crippen molar-refractivity contribution in [2.24, 2.45) is 5.92 Å². The summed E-state index contributed by atoms with van der Waals surface area (Å²) in [5.41, 5.74) is 1.56. The molecule has 0 N–H and O–H groups in total. The van der Waals surface area contributed by atoms with Crippen LogP contribution in [0.4, 0.5) is 14.9 Å². The Morgan fingerprint density at radius 2 is 2.17 bits per heavy atom. The van der Waals surface area contributed by atoms with Gasteiger partial charge in [0, 0.05) is 5.56 Å². The van der Waals surface area contributed by atoms with Crippen molar-refractivity contribution in [2.75, 3.05) is 11.4 Å². The lowest BCUT2D eigenvalue weighted by molar-refractivity contribution is -0.108. The first kappa shape index (κ1) is 15.2. The van der Waals surface area contributed by atoms with Crippen LogP contribution in [0.2, 0.25) is 0 Å². The lowest BCUT2D eigenvalue weighted by Gasteiger charge is -2.14. The number of carbonyl (C=O) groups is 2. The molecule has 118 valence electrons. The molecule has 1 saturated heterocycles. The molecule has 0 bridgehead atoms. The average Bonchev–Trinajstić information content (AvgIpc) is 2.74. The number of carbonyl (C=O) groups excluding carboxylic acids is 2. The van der Waals surface area contributed by atoms with Crippen LogP contribution in [0.3, 0.4) is 0 Å². The number of hydrogen-bond donors (Lipinski definition) is 0. The average molecular weight is 313 g/mol. The number of hydrogen-bond acceptors (Lipinski definition) is 3. The maximum absolute atomic E-state index is 14.5. The molecule has 0 aromatic heterocycles. The van der Waals surface area contributed by atoms with Gasteiger partial charge >= 0.3 is 6.09 Å².